The van der Waals surface area contributed by atoms with Gasteiger partial charge in [0.05, 0.1) is 6.20 Å². The topological polar surface area (TPSA) is 72.5 Å². The van der Waals surface area contributed by atoms with Crippen LogP contribution in [0.2, 0.25) is 18.1 Å². The van der Waals surface area contributed by atoms with Gasteiger partial charge in [-0.2, -0.15) is 0 Å². The Bertz CT molecular complexity index is 1290. The number of halogens is 2. The highest BCUT2D eigenvalue weighted by Crippen LogP contribution is 2.37. The van der Waals surface area contributed by atoms with Crippen LogP contribution < -0.4 is 19.8 Å². The fourth-order valence-corrected chi connectivity index (χ4v) is 5.41. The van der Waals surface area contributed by atoms with E-state index in [1.54, 1.807) is 0 Å². The molecule has 0 spiro atoms. The van der Waals surface area contributed by atoms with E-state index in [4.69, 9.17) is 9.16 Å². The molecule has 0 bridgehead atoms. The second-order valence-corrected chi connectivity index (χ2v) is 16.7. The van der Waals surface area contributed by atoms with Gasteiger partial charge in [-0.3, -0.25) is 4.79 Å². The molecule has 4 rings (SSSR count). The number of carbonyl (C=O) groups excluding carboxylic acids is 1. The van der Waals surface area contributed by atoms with Crippen LogP contribution in [-0.2, 0) is 6.54 Å². The molecule has 2 N–H and O–H groups in total. The lowest BCUT2D eigenvalue weighted by Gasteiger charge is -2.36. The second kappa shape index (κ2) is 12.5. The van der Waals surface area contributed by atoms with Gasteiger partial charge in [-0.05, 0) is 91.8 Å². The number of amides is 1. The number of pyridine rings is 1. The van der Waals surface area contributed by atoms with Crippen molar-refractivity contribution in [2.75, 3.05) is 0 Å². The van der Waals surface area contributed by atoms with Gasteiger partial charge in [0.25, 0.3) is 5.91 Å². The summed E-state index contributed by atoms with van der Waals surface area (Å²) < 4.78 is 39.2. The van der Waals surface area contributed by atoms with Gasteiger partial charge in [-0.25, -0.2) is 13.8 Å². The van der Waals surface area contributed by atoms with Crippen LogP contribution in [0.5, 0.6) is 17.4 Å². The molecule has 1 amide bonds. The van der Waals surface area contributed by atoms with Crippen LogP contribution in [0.1, 0.15) is 62.4 Å². The Labute approximate surface area is 236 Å². The van der Waals surface area contributed by atoms with Crippen LogP contribution in [0.3, 0.4) is 0 Å². The number of aromatic nitrogens is 1. The maximum atomic E-state index is 13.9. The molecule has 40 heavy (non-hydrogen) atoms. The van der Waals surface area contributed by atoms with Crippen LogP contribution in [0.25, 0.3) is 0 Å². The number of nitrogens with zero attached hydrogens (tertiary/aromatic N) is 1. The Kier molecular flexibility index (Phi) is 9.25. The molecule has 9 heteroatoms. The van der Waals surface area contributed by atoms with Crippen LogP contribution >= 0.6 is 0 Å². The smallest absolute Gasteiger partial charge is 0.257 e. The van der Waals surface area contributed by atoms with Crippen LogP contribution in [-0.4, -0.2) is 31.3 Å². The van der Waals surface area contributed by atoms with Crippen molar-refractivity contribution in [3.63, 3.8) is 0 Å². The van der Waals surface area contributed by atoms with Crippen molar-refractivity contribution in [3.8, 4) is 17.4 Å². The highest BCUT2D eigenvalue weighted by molar-refractivity contribution is 6.74. The highest BCUT2D eigenvalue weighted by atomic mass is 28.4. The zero-order chi connectivity index (χ0) is 28.9. The van der Waals surface area contributed by atoms with Crippen LogP contribution in [0.4, 0.5) is 8.78 Å². The molecular weight excluding hydrogens is 528 g/mol. The van der Waals surface area contributed by atoms with Crippen LogP contribution in [0.15, 0.2) is 60.8 Å². The van der Waals surface area contributed by atoms with Gasteiger partial charge in [-0.15, -0.1) is 0 Å². The van der Waals surface area contributed by atoms with Gasteiger partial charge < -0.3 is 19.8 Å². The summed E-state index contributed by atoms with van der Waals surface area (Å²) in [4.78, 5) is 17.0. The third-order valence-corrected chi connectivity index (χ3v) is 12.2. The van der Waals surface area contributed by atoms with Gasteiger partial charge >= 0.3 is 0 Å². The van der Waals surface area contributed by atoms with Crippen molar-refractivity contribution >= 4 is 14.2 Å². The summed E-state index contributed by atoms with van der Waals surface area (Å²) >= 11 is 0. The second-order valence-electron chi connectivity index (χ2n) is 12.0. The maximum absolute atomic E-state index is 13.9. The van der Waals surface area contributed by atoms with Gasteiger partial charge in [0, 0.05) is 18.6 Å². The minimum absolute atomic E-state index is 0.00514. The summed E-state index contributed by atoms with van der Waals surface area (Å²) in [5, 5.41) is 6.79. The number of hydrogen-bond donors (Lipinski definition) is 2. The van der Waals surface area contributed by atoms with Crippen molar-refractivity contribution in [3.05, 3.63) is 83.6 Å². The summed E-state index contributed by atoms with van der Waals surface area (Å²) in [7, 11) is -1.86. The first-order chi connectivity index (χ1) is 18.9. The predicted octanol–water partition coefficient (Wildman–Crippen LogP) is 7.37. The summed E-state index contributed by atoms with van der Waals surface area (Å²) in [6.07, 6.45) is 4.43. The molecule has 1 aliphatic rings. The monoisotopic (exact) mass is 567 g/mol. The first-order valence-electron chi connectivity index (χ1n) is 13.8. The zero-order valence-corrected chi connectivity index (χ0v) is 24.9. The lowest BCUT2D eigenvalue weighted by Crippen LogP contribution is -2.43. The van der Waals surface area contributed by atoms with Crippen molar-refractivity contribution in [1.82, 2.24) is 15.6 Å². The van der Waals surface area contributed by atoms with E-state index in [2.05, 4.69) is 73.7 Å². The summed E-state index contributed by atoms with van der Waals surface area (Å²) in [5.74, 6) is -0.288. The molecule has 1 aromatic heterocycles. The van der Waals surface area contributed by atoms with E-state index in [1.807, 2.05) is 0 Å². The fourth-order valence-electron chi connectivity index (χ4n) is 4.38. The van der Waals surface area contributed by atoms with Gasteiger partial charge in [0.1, 0.15) is 28.7 Å². The van der Waals surface area contributed by atoms with E-state index in [0.717, 1.165) is 50.2 Å². The van der Waals surface area contributed by atoms with E-state index < -0.39 is 25.9 Å². The molecule has 0 atom stereocenters. The Hall–Kier alpha value is -3.30. The molecule has 1 fully saturated rings. The summed E-state index contributed by atoms with van der Waals surface area (Å²) in [5.41, 5.74) is 1.20. The average Bonchev–Trinajstić information content (AvgIpc) is 2.90. The first kappa shape index (κ1) is 29.7. The third-order valence-electron chi connectivity index (χ3n) is 7.85. The molecule has 2 aromatic carbocycles. The third kappa shape index (κ3) is 7.88. The number of rotatable bonds is 9. The lowest BCUT2D eigenvalue weighted by molar-refractivity contribution is 0.0920. The maximum Gasteiger partial charge on any atom is 0.257 e. The Morgan fingerprint density at radius 2 is 1.52 bits per heavy atom. The number of hydrogen-bond acceptors (Lipinski definition) is 5. The van der Waals surface area contributed by atoms with E-state index in [0.29, 0.717) is 11.8 Å². The minimum Gasteiger partial charge on any atom is -0.544 e. The molecule has 6 nitrogen and oxygen atoms in total. The molecule has 0 radical (unpaired) electrons. The summed E-state index contributed by atoms with van der Waals surface area (Å²) in [6, 6.07) is 15.1. The number of ether oxygens (including phenoxy) is 1. The number of nitrogens with one attached hydrogen (secondary N) is 2. The van der Waals surface area contributed by atoms with Gasteiger partial charge in [0.2, 0.25) is 14.2 Å². The lowest BCUT2D eigenvalue weighted by atomic mass is 9.91. The highest BCUT2D eigenvalue weighted by Gasteiger charge is 2.38. The molecule has 0 saturated heterocycles. The SMILES string of the molecule is CC(C)(C)[Si](C)(C)Oc1ccc(CNC2CCC(NC(=O)c3cc(F)cnc3Oc3ccc(F)cc3)CC2)cc1. The predicted molar refractivity (Wildman–Crippen MR) is 155 cm³/mol. The van der Waals surface area contributed by atoms with Gasteiger partial charge in [0.15, 0.2) is 0 Å². The molecule has 1 aliphatic carbocycles. The van der Waals surface area contributed by atoms with E-state index in [1.165, 1.54) is 29.8 Å². The van der Waals surface area contributed by atoms with E-state index in [-0.39, 0.29) is 22.5 Å². The molecular formula is C31H39F2N3O3Si. The van der Waals surface area contributed by atoms with Crippen molar-refractivity contribution in [2.45, 2.75) is 83.2 Å². The molecule has 214 valence electrons. The standard InChI is InChI=1S/C31H39F2N3O3Si/c1-31(2,3)40(4,5)39-27-14-6-21(7-15-27)19-34-24-10-12-25(13-11-24)36-29(37)28-18-23(33)20-35-30(28)38-26-16-8-22(32)9-17-26/h6-9,14-18,20,24-25,34H,10-13,19H2,1-5H3,(H,36,37). The van der Waals surface area contributed by atoms with Crippen LogP contribution in [0, 0.1) is 11.6 Å². The average molecular weight is 568 g/mol. The number of benzene rings is 2. The normalized spacial score (nSPS) is 17.8. The van der Waals surface area contributed by atoms with E-state index >= 15 is 0 Å². The quantitative estimate of drug-likeness (QED) is 0.264. The van der Waals surface area contributed by atoms with Gasteiger partial charge in [-0.1, -0.05) is 32.9 Å². The Morgan fingerprint density at radius 1 is 0.925 bits per heavy atom. The van der Waals surface area contributed by atoms with Crippen molar-refractivity contribution in [1.29, 1.82) is 0 Å². The minimum atomic E-state index is -1.86. The molecule has 0 aliphatic heterocycles. The molecule has 0 unspecified atom stereocenters. The van der Waals surface area contributed by atoms with Crippen molar-refractivity contribution < 1.29 is 22.7 Å². The fraction of sp³-hybridized carbons (Fsp3) is 0.419. The first-order valence-corrected chi connectivity index (χ1v) is 16.7. The van der Waals surface area contributed by atoms with Crippen molar-refractivity contribution in [2.24, 2.45) is 0 Å². The Balaban J connectivity index is 1.26. The van der Waals surface area contributed by atoms with E-state index in [9.17, 15) is 13.6 Å². The zero-order valence-electron chi connectivity index (χ0n) is 23.9. The molecule has 1 saturated carbocycles. The summed E-state index contributed by atoms with van der Waals surface area (Å²) in [6.45, 7) is 12.0. The molecule has 1 heterocycles. The largest absolute Gasteiger partial charge is 0.544 e. The molecule has 3 aromatic rings. The Morgan fingerprint density at radius 3 is 2.15 bits per heavy atom. The number of carbonyl (C=O) groups is 1.